The molecule has 0 radical (unpaired) electrons. The van der Waals surface area contributed by atoms with Gasteiger partial charge >= 0.3 is 0 Å². The van der Waals surface area contributed by atoms with E-state index in [0.29, 0.717) is 11.5 Å². The molecule has 0 saturated heterocycles. The summed E-state index contributed by atoms with van der Waals surface area (Å²) >= 11 is 6.05. The third kappa shape index (κ3) is 4.22. The average molecular weight is 307 g/mol. The zero-order valence-electron chi connectivity index (χ0n) is 10.9. The fourth-order valence-corrected chi connectivity index (χ4v) is 3.39. The molecular weight excluding hydrogens is 292 g/mol. The Morgan fingerprint density at radius 3 is 2.10 bits per heavy atom. The zero-order valence-corrected chi connectivity index (χ0v) is 12.4. The molecular formula is C16H15ClO2S. The van der Waals surface area contributed by atoms with E-state index in [1.807, 2.05) is 30.3 Å². The highest BCUT2D eigenvalue weighted by Gasteiger charge is 2.11. The Labute approximate surface area is 124 Å². The lowest BCUT2D eigenvalue weighted by Gasteiger charge is -2.02. The predicted octanol–water partition coefficient (Wildman–Crippen LogP) is 4.17. The molecule has 4 heteroatoms. The number of hydrogen-bond donors (Lipinski definition) is 0. The Bertz CT molecular complexity index is 677. The second-order valence-corrected chi connectivity index (χ2v) is 6.69. The summed E-state index contributed by atoms with van der Waals surface area (Å²) < 4.78 is 24.2. The van der Waals surface area contributed by atoms with Crippen LogP contribution in [0.4, 0.5) is 0 Å². The highest BCUT2D eigenvalue weighted by Crippen LogP contribution is 2.18. The van der Waals surface area contributed by atoms with E-state index in [9.17, 15) is 8.42 Å². The van der Waals surface area contributed by atoms with Crippen LogP contribution in [0.1, 0.15) is 12.0 Å². The molecule has 2 aromatic carbocycles. The molecule has 2 rings (SSSR count). The van der Waals surface area contributed by atoms with Gasteiger partial charge in [0.1, 0.15) is 0 Å². The molecule has 0 aromatic heterocycles. The third-order valence-electron chi connectivity index (χ3n) is 2.85. The second-order valence-electron chi connectivity index (χ2n) is 4.41. The minimum atomic E-state index is -3.46. The Morgan fingerprint density at radius 2 is 1.50 bits per heavy atom. The van der Waals surface area contributed by atoms with E-state index >= 15 is 0 Å². The van der Waals surface area contributed by atoms with Crippen molar-refractivity contribution in [2.75, 3.05) is 0 Å². The van der Waals surface area contributed by atoms with Crippen molar-refractivity contribution in [3.8, 4) is 0 Å². The average Bonchev–Trinajstić information content (AvgIpc) is 2.47. The molecule has 0 aliphatic heterocycles. The standard InChI is InChI=1S/C16H15ClO2S/c17-15(12-11-14-7-3-1-4-8-14)13-20(18,19)16-9-5-2-6-10-16/h1-10,13H,11-12H2. The molecule has 2 aromatic rings. The van der Waals surface area contributed by atoms with E-state index < -0.39 is 9.84 Å². The highest BCUT2D eigenvalue weighted by atomic mass is 35.5. The molecule has 0 N–H and O–H groups in total. The quantitative estimate of drug-likeness (QED) is 0.830. The number of sulfone groups is 1. The van der Waals surface area contributed by atoms with E-state index in [0.717, 1.165) is 17.4 Å². The zero-order chi connectivity index (χ0) is 14.4. The number of benzene rings is 2. The maximum absolute atomic E-state index is 12.1. The van der Waals surface area contributed by atoms with Crippen molar-refractivity contribution in [3.63, 3.8) is 0 Å². The van der Waals surface area contributed by atoms with Gasteiger partial charge in [-0.1, -0.05) is 60.1 Å². The van der Waals surface area contributed by atoms with Crippen LogP contribution in [0, 0.1) is 0 Å². The number of aryl methyl sites for hydroxylation is 1. The number of hydrogen-bond acceptors (Lipinski definition) is 2. The van der Waals surface area contributed by atoms with Gasteiger partial charge in [-0.2, -0.15) is 0 Å². The first-order chi connectivity index (χ1) is 9.58. The summed E-state index contributed by atoms with van der Waals surface area (Å²) in [7, 11) is -3.46. The molecule has 0 aliphatic rings. The molecule has 0 aliphatic carbocycles. The van der Waals surface area contributed by atoms with Crippen LogP contribution in [0.15, 0.2) is 76.0 Å². The molecule has 0 heterocycles. The van der Waals surface area contributed by atoms with Crippen LogP contribution in [-0.2, 0) is 16.3 Å². The van der Waals surface area contributed by atoms with Gasteiger partial charge in [0.25, 0.3) is 0 Å². The summed E-state index contributed by atoms with van der Waals surface area (Å²) in [5.41, 5.74) is 1.14. The first-order valence-corrected chi connectivity index (χ1v) is 8.20. The van der Waals surface area contributed by atoms with Crippen LogP contribution in [0.2, 0.25) is 0 Å². The van der Waals surface area contributed by atoms with Gasteiger partial charge in [-0.25, -0.2) is 8.42 Å². The summed E-state index contributed by atoms with van der Waals surface area (Å²) in [4.78, 5) is 0.262. The molecule has 2 nitrogen and oxygen atoms in total. The second kappa shape index (κ2) is 6.73. The van der Waals surface area contributed by atoms with Crippen LogP contribution < -0.4 is 0 Å². The molecule has 0 atom stereocenters. The Balaban J connectivity index is 2.07. The third-order valence-corrected chi connectivity index (χ3v) is 4.80. The van der Waals surface area contributed by atoms with E-state index in [2.05, 4.69) is 0 Å². The topological polar surface area (TPSA) is 34.1 Å². The van der Waals surface area contributed by atoms with E-state index in [4.69, 9.17) is 11.6 Å². The largest absolute Gasteiger partial charge is 0.219 e. The smallest absolute Gasteiger partial charge is 0.200 e. The Morgan fingerprint density at radius 1 is 0.950 bits per heavy atom. The van der Waals surface area contributed by atoms with Crippen molar-refractivity contribution in [2.45, 2.75) is 17.7 Å². The molecule has 20 heavy (non-hydrogen) atoms. The fourth-order valence-electron chi connectivity index (χ4n) is 1.81. The Hall–Kier alpha value is -1.58. The van der Waals surface area contributed by atoms with Crippen molar-refractivity contribution < 1.29 is 8.42 Å². The van der Waals surface area contributed by atoms with Gasteiger partial charge in [-0.15, -0.1) is 0 Å². The van der Waals surface area contributed by atoms with Gasteiger partial charge in [-0.3, -0.25) is 0 Å². The lowest BCUT2D eigenvalue weighted by Crippen LogP contribution is -1.97. The monoisotopic (exact) mass is 306 g/mol. The van der Waals surface area contributed by atoms with Crippen molar-refractivity contribution in [2.24, 2.45) is 0 Å². The van der Waals surface area contributed by atoms with Gasteiger partial charge in [0.15, 0.2) is 0 Å². The van der Waals surface area contributed by atoms with Crippen LogP contribution >= 0.6 is 11.6 Å². The molecule has 104 valence electrons. The highest BCUT2D eigenvalue weighted by molar-refractivity contribution is 7.94. The molecule has 0 saturated carbocycles. The normalized spacial score (nSPS) is 12.3. The van der Waals surface area contributed by atoms with Crippen LogP contribution in [0.3, 0.4) is 0 Å². The lowest BCUT2D eigenvalue weighted by atomic mass is 10.1. The number of rotatable bonds is 5. The summed E-state index contributed by atoms with van der Waals surface area (Å²) in [5, 5.41) is 1.49. The van der Waals surface area contributed by atoms with E-state index in [-0.39, 0.29) is 4.90 Å². The van der Waals surface area contributed by atoms with Crippen molar-refractivity contribution >= 4 is 21.4 Å². The van der Waals surface area contributed by atoms with Gasteiger partial charge in [0.2, 0.25) is 9.84 Å². The van der Waals surface area contributed by atoms with Gasteiger partial charge in [0, 0.05) is 5.03 Å². The van der Waals surface area contributed by atoms with Gasteiger partial charge in [-0.05, 0) is 30.5 Å². The van der Waals surface area contributed by atoms with E-state index in [1.54, 1.807) is 30.3 Å². The molecule has 0 amide bonds. The Kier molecular flexibility index (Phi) is 4.99. The number of halogens is 1. The first kappa shape index (κ1) is 14.8. The maximum atomic E-state index is 12.1. The lowest BCUT2D eigenvalue weighted by molar-refractivity contribution is 0.604. The van der Waals surface area contributed by atoms with Crippen molar-refractivity contribution in [1.82, 2.24) is 0 Å². The minimum absolute atomic E-state index is 0.262. The first-order valence-electron chi connectivity index (χ1n) is 6.28. The summed E-state index contributed by atoms with van der Waals surface area (Å²) in [6.07, 6.45) is 1.23. The van der Waals surface area contributed by atoms with E-state index in [1.165, 1.54) is 0 Å². The maximum Gasteiger partial charge on any atom is 0.200 e. The van der Waals surface area contributed by atoms with Crippen LogP contribution in [0.25, 0.3) is 0 Å². The summed E-state index contributed by atoms with van der Waals surface area (Å²) in [5.74, 6) is 0. The minimum Gasteiger partial charge on any atom is -0.219 e. The van der Waals surface area contributed by atoms with Crippen LogP contribution in [0.5, 0.6) is 0 Å². The van der Waals surface area contributed by atoms with Gasteiger partial charge < -0.3 is 0 Å². The van der Waals surface area contributed by atoms with Crippen molar-refractivity contribution in [3.05, 3.63) is 76.7 Å². The molecule has 0 fully saturated rings. The van der Waals surface area contributed by atoms with Gasteiger partial charge in [0.05, 0.1) is 10.3 Å². The summed E-state index contributed by atoms with van der Waals surface area (Å²) in [6.45, 7) is 0. The molecule has 0 unspecified atom stereocenters. The summed E-state index contributed by atoms with van der Waals surface area (Å²) in [6, 6.07) is 18.1. The van der Waals surface area contributed by atoms with Crippen molar-refractivity contribution in [1.29, 1.82) is 0 Å². The molecule has 0 spiro atoms. The molecule has 0 bridgehead atoms. The number of allylic oxidation sites excluding steroid dienone is 1. The van der Waals surface area contributed by atoms with Crippen LogP contribution in [-0.4, -0.2) is 8.42 Å². The fraction of sp³-hybridized carbons (Fsp3) is 0.125. The SMILES string of the molecule is O=S(=O)(C=C(Cl)CCc1ccccc1)c1ccccc1. The predicted molar refractivity (Wildman–Crippen MR) is 82.3 cm³/mol.